The van der Waals surface area contributed by atoms with Crippen molar-refractivity contribution in [2.45, 2.75) is 18.6 Å². The van der Waals surface area contributed by atoms with Crippen molar-refractivity contribution in [3.63, 3.8) is 0 Å². The summed E-state index contributed by atoms with van der Waals surface area (Å²) in [6.45, 7) is 0.114. The molecule has 1 fully saturated rings. The number of nitrogens with zero attached hydrogens (tertiary/aromatic N) is 3. The van der Waals surface area contributed by atoms with E-state index >= 15 is 0 Å². The molecule has 8 nitrogen and oxygen atoms in total. The molecule has 2 atom stereocenters. The number of carbonyl (C=O) groups excluding carboxylic acids is 1. The van der Waals surface area contributed by atoms with Crippen LogP contribution in [0.2, 0.25) is 0 Å². The third-order valence-electron chi connectivity index (χ3n) is 4.93. The molecule has 1 aromatic carbocycles. The summed E-state index contributed by atoms with van der Waals surface area (Å²) < 4.78 is 31.9. The zero-order chi connectivity index (χ0) is 19.3. The summed E-state index contributed by atoms with van der Waals surface area (Å²) in [7, 11) is 0. The van der Waals surface area contributed by atoms with Crippen LogP contribution >= 0.6 is 0 Å². The van der Waals surface area contributed by atoms with E-state index in [0.717, 1.165) is 5.56 Å². The van der Waals surface area contributed by atoms with Gasteiger partial charge in [0, 0.05) is 36.7 Å². The molecule has 2 aliphatic heterocycles. The summed E-state index contributed by atoms with van der Waals surface area (Å²) in [5.41, 5.74) is 1.46. The Morgan fingerprint density at radius 1 is 1.18 bits per heavy atom. The zero-order valence-corrected chi connectivity index (χ0v) is 14.4. The molecular formula is C19H14FN3O5. The highest BCUT2D eigenvalue weighted by Gasteiger charge is 2.48. The fourth-order valence-electron chi connectivity index (χ4n) is 3.63. The maximum atomic E-state index is 14.7. The number of hydrogen-bond acceptors (Lipinski definition) is 6. The summed E-state index contributed by atoms with van der Waals surface area (Å²) in [5, 5.41) is 3.66. The van der Waals surface area contributed by atoms with Gasteiger partial charge in [-0.25, -0.2) is 9.18 Å². The van der Waals surface area contributed by atoms with Crippen LogP contribution in [-0.4, -0.2) is 34.6 Å². The van der Waals surface area contributed by atoms with Crippen molar-refractivity contribution in [3.8, 4) is 11.6 Å². The number of benzene rings is 1. The van der Waals surface area contributed by atoms with E-state index in [1.165, 1.54) is 46.3 Å². The number of pyridine rings is 1. The molecule has 4 heterocycles. The van der Waals surface area contributed by atoms with Gasteiger partial charge in [-0.05, 0) is 23.2 Å². The second-order valence-electron chi connectivity index (χ2n) is 6.59. The molecule has 0 bridgehead atoms. The van der Waals surface area contributed by atoms with E-state index in [0.29, 0.717) is 23.7 Å². The Balaban J connectivity index is 1.43. The fraction of sp³-hybridized carbons (Fsp3) is 0.211. The number of halogens is 1. The van der Waals surface area contributed by atoms with Crippen LogP contribution in [0.1, 0.15) is 5.56 Å². The van der Waals surface area contributed by atoms with Crippen LogP contribution in [0.5, 0.6) is 5.88 Å². The van der Waals surface area contributed by atoms with Crippen molar-refractivity contribution in [2.24, 2.45) is 0 Å². The third-order valence-corrected chi connectivity index (χ3v) is 4.93. The van der Waals surface area contributed by atoms with Crippen molar-refractivity contribution in [1.82, 2.24) is 9.72 Å². The van der Waals surface area contributed by atoms with Crippen LogP contribution in [0.25, 0.3) is 5.69 Å². The van der Waals surface area contributed by atoms with Gasteiger partial charge in [-0.3, -0.25) is 9.69 Å². The van der Waals surface area contributed by atoms with Gasteiger partial charge in [0.2, 0.25) is 0 Å². The van der Waals surface area contributed by atoms with E-state index < -0.39 is 18.0 Å². The molecule has 5 rings (SSSR count). The van der Waals surface area contributed by atoms with E-state index in [1.54, 1.807) is 12.1 Å². The molecule has 0 N–H and O–H groups in total. The Morgan fingerprint density at radius 3 is 2.75 bits per heavy atom. The molecule has 1 saturated heterocycles. The van der Waals surface area contributed by atoms with Crippen LogP contribution in [0.3, 0.4) is 0 Å². The quantitative estimate of drug-likeness (QED) is 0.687. The molecule has 2 aliphatic rings. The first-order valence-electron chi connectivity index (χ1n) is 8.64. The van der Waals surface area contributed by atoms with Gasteiger partial charge in [-0.15, -0.1) is 0 Å². The van der Waals surface area contributed by atoms with Crippen molar-refractivity contribution >= 4 is 11.8 Å². The standard InChI is InChI=1S/C19H14FN3O5/c20-13-9-14-11(7-15(13)22-4-1-12(24)2-5-22)8-16-17(28-19(25)23(14)16)10-26-18-3-6-27-21-18/h1-7,9,16-17H,8,10H2/t16-,17-/m0/s1. The number of rotatable bonds is 4. The smallest absolute Gasteiger partial charge is 0.415 e. The first-order valence-corrected chi connectivity index (χ1v) is 8.64. The molecule has 28 heavy (non-hydrogen) atoms. The zero-order valence-electron chi connectivity index (χ0n) is 14.4. The highest BCUT2D eigenvalue weighted by Crippen LogP contribution is 2.40. The number of amides is 1. The normalized spacial score (nSPS) is 20.0. The molecule has 0 saturated carbocycles. The Morgan fingerprint density at radius 2 is 2.00 bits per heavy atom. The highest BCUT2D eigenvalue weighted by atomic mass is 19.1. The van der Waals surface area contributed by atoms with Gasteiger partial charge >= 0.3 is 6.09 Å². The average molecular weight is 383 g/mol. The topological polar surface area (TPSA) is 86.8 Å². The molecular weight excluding hydrogens is 369 g/mol. The average Bonchev–Trinajstić information content (AvgIpc) is 3.38. The lowest BCUT2D eigenvalue weighted by Crippen LogP contribution is -2.36. The van der Waals surface area contributed by atoms with Crippen molar-refractivity contribution in [3.05, 3.63) is 70.6 Å². The van der Waals surface area contributed by atoms with Gasteiger partial charge in [0.05, 0.1) is 17.4 Å². The summed E-state index contributed by atoms with van der Waals surface area (Å²) >= 11 is 0. The maximum absolute atomic E-state index is 14.7. The van der Waals surface area contributed by atoms with Crippen LogP contribution in [-0.2, 0) is 11.2 Å². The van der Waals surface area contributed by atoms with Crippen LogP contribution in [0.4, 0.5) is 14.9 Å². The molecule has 0 spiro atoms. The molecule has 3 aromatic rings. The molecule has 2 aromatic heterocycles. The molecule has 0 radical (unpaired) electrons. The largest absolute Gasteiger partial charge is 0.471 e. The lowest BCUT2D eigenvalue weighted by Gasteiger charge is -2.16. The second kappa shape index (κ2) is 6.22. The van der Waals surface area contributed by atoms with Crippen molar-refractivity contribution in [2.75, 3.05) is 11.5 Å². The van der Waals surface area contributed by atoms with E-state index in [4.69, 9.17) is 14.0 Å². The SMILES string of the molecule is O=C1O[C@@H](COc2ccon2)[C@@H]2Cc3cc(-n4ccc(=O)cc4)c(F)cc3N12. The number of aromatic nitrogens is 2. The summed E-state index contributed by atoms with van der Waals surface area (Å²) in [6.07, 6.45) is 3.85. The minimum absolute atomic E-state index is 0.114. The van der Waals surface area contributed by atoms with Gasteiger partial charge in [-0.1, -0.05) is 0 Å². The van der Waals surface area contributed by atoms with Crippen LogP contribution in [0, 0.1) is 5.82 Å². The maximum Gasteiger partial charge on any atom is 0.415 e. The van der Waals surface area contributed by atoms with E-state index in [-0.39, 0.29) is 18.1 Å². The molecule has 1 amide bonds. The van der Waals surface area contributed by atoms with Crippen molar-refractivity contribution < 1.29 is 23.2 Å². The number of ether oxygens (including phenoxy) is 2. The minimum atomic E-state index is -0.534. The van der Waals surface area contributed by atoms with Crippen LogP contribution in [0.15, 0.2) is 58.3 Å². The van der Waals surface area contributed by atoms with Gasteiger partial charge in [0.25, 0.3) is 5.88 Å². The Kier molecular flexibility index (Phi) is 3.68. The predicted molar refractivity (Wildman–Crippen MR) is 94.2 cm³/mol. The Labute approximate surface area is 157 Å². The number of carbonyl (C=O) groups is 1. The number of fused-ring (bicyclic) bond motifs is 3. The van der Waals surface area contributed by atoms with Gasteiger partial charge in [0.15, 0.2) is 11.5 Å². The highest BCUT2D eigenvalue weighted by molar-refractivity contribution is 5.94. The summed E-state index contributed by atoms with van der Waals surface area (Å²) in [5.74, 6) is -0.199. The van der Waals surface area contributed by atoms with Gasteiger partial charge < -0.3 is 18.6 Å². The monoisotopic (exact) mass is 383 g/mol. The molecule has 0 unspecified atom stereocenters. The second-order valence-corrected chi connectivity index (χ2v) is 6.59. The Bertz CT molecular complexity index is 1090. The predicted octanol–water partition coefficient (Wildman–Crippen LogP) is 2.29. The fourth-order valence-corrected chi connectivity index (χ4v) is 3.63. The van der Waals surface area contributed by atoms with Gasteiger partial charge in [-0.2, -0.15) is 0 Å². The van der Waals surface area contributed by atoms with Crippen molar-refractivity contribution in [1.29, 1.82) is 0 Å². The first kappa shape index (κ1) is 16.5. The lowest BCUT2D eigenvalue weighted by molar-refractivity contribution is 0.0886. The van der Waals surface area contributed by atoms with E-state index in [1.807, 2.05) is 0 Å². The summed E-state index contributed by atoms with van der Waals surface area (Å²) in [4.78, 5) is 25.1. The third kappa shape index (κ3) is 2.63. The number of anilines is 1. The van der Waals surface area contributed by atoms with E-state index in [9.17, 15) is 14.0 Å². The number of cyclic esters (lactones) is 1. The number of hydrogen-bond donors (Lipinski definition) is 0. The van der Waals surface area contributed by atoms with Gasteiger partial charge in [0.1, 0.15) is 18.7 Å². The minimum Gasteiger partial charge on any atom is -0.471 e. The van der Waals surface area contributed by atoms with Crippen LogP contribution < -0.4 is 15.1 Å². The first-order chi connectivity index (χ1) is 13.6. The summed E-state index contributed by atoms with van der Waals surface area (Å²) in [6, 6.07) is 7.00. The molecule has 9 heteroatoms. The lowest BCUT2D eigenvalue weighted by atomic mass is 10.1. The molecule has 0 aliphatic carbocycles. The molecule has 142 valence electrons. The van der Waals surface area contributed by atoms with E-state index in [2.05, 4.69) is 5.16 Å². The Hall–Kier alpha value is -3.62.